The highest BCUT2D eigenvalue weighted by molar-refractivity contribution is 7.09. The molecule has 3 N–H and O–H groups in total. The molecule has 6 nitrogen and oxygen atoms in total. The zero-order chi connectivity index (χ0) is 12.3. The zero-order valence-corrected chi connectivity index (χ0v) is 10.4. The first kappa shape index (κ1) is 11.6. The summed E-state index contributed by atoms with van der Waals surface area (Å²) in [4.78, 5) is 13.3. The molecule has 0 aliphatic carbocycles. The molecule has 0 saturated carbocycles. The standard InChI is InChI=1S/C10H13N5OS/c1-6-7(17-5-13-6)4-12-8-3-9(16-2)15-10(11)14-8/h3,5H,4H2,1-2H3,(H3,11,12,14,15). The first-order valence-corrected chi connectivity index (χ1v) is 5.88. The van der Waals surface area contributed by atoms with Gasteiger partial charge in [0.2, 0.25) is 11.8 Å². The Labute approximate surface area is 103 Å². The van der Waals surface area contributed by atoms with Crippen LogP contribution in [0.25, 0.3) is 0 Å². The number of nitrogen functional groups attached to an aromatic ring is 1. The fourth-order valence-corrected chi connectivity index (χ4v) is 2.02. The van der Waals surface area contributed by atoms with Crippen LogP contribution < -0.4 is 15.8 Å². The third kappa shape index (κ3) is 2.82. The summed E-state index contributed by atoms with van der Waals surface area (Å²) in [5.74, 6) is 1.27. The zero-order valence-electron chi connectivity index (χ0n) is 9.60. The van der Waals surface area contributed by atoms with Crippen LogP contribution in [0.5, 0.6) is 5.88 Å². The van der Waals surface area contributed by atoms with Crippen molar-refractivity contribution in [2.45, 2.75) is 13.5 Å². The van der Waals surface area contributed by atoms with Gasteiger partial charge in [-0.15, -0.1) is 11.3 Å². The quantitative estimate of drug-likeness (QED) is 0.855. The van der Waals surface area contributed by atoms with E-state index in [1.54, 1.807) is 24.5 Å². The summed E-state index contributed by atoms with van der Waals surface area (Å²) in [7, 11) is 1.54. The summed E-state index contributed by atoms with van der Waals surface area (Å²) in [6, 6.07) is 1.70. The number of hydrogen-bond acceptors (Lipinski definition) is 7. The van der Waals surface area contributed by atoms with Crippen LogP contribution in [0.2, 0.25) is 0 Å². The Morgan fingerprint density at radius 3 is 2.94 bits per heavy atom. The molecule has 0 aromatic carbocycles. The second-order valence-corrected chi connectivity index (χ2v) is 4.31. The molecule has 0 aliphatic heterocycles. The maximum Gasteiger partial charge on any atom is 0.225 e. The number of nitrogens with zero attached hydrogens (tertiary/aromatic N) is 3. The molecule has 0 aliphatic rings. The number of ether oxygens (including phenoxy) is 1. The summed E-state index contributed by atoms with van der Waals surface area (Å²) in [5.41, 5.74) is 8.41. The highest BCUT2D eigenvalue weighted by Gasteiger charge is 2.04. The number of anilines is 2. The van der Waals surface area contributed by atoms with Gasteiger partial charge in [-0.2, -0.15) is 9.97 Å². The second kappa shape index (κ2) is 4.96. The van der Waals surface area contributed by atoms with E-state index in [2.05, 4.69) is 20.3 Å². The Hall–Kier alpha value is -1.89. The first-order chi connectivity index (χ1) is 8.19. The molecule has 2 aromatic heterocycles. The van der Waals surface area contributed by atoms with E-state index in [-0.39, 0.29) is 5.95 Å². The average Bonchev–Trinajstić information content (AvgIpc) is 2.71. The van der Waals surface area contributed by atoms with Crippen molar-refractivity contribution in [3.63, 3.8) is 0 Å². The number of nitrogens with two attached hydrogens (primary N) is 1. The van der Waals surface area contributed by atoms with Crippen molar-refractivity contribution < 1.29 is 4.74 Å². The summed E-state index contributed by atoms with van der Waals surface area (Å²) < 4.78 is 5.02. The van der Waals surface area contributed by atoms with Gasteiger partial charge < -0.3 is 15.8 Å². The molecule has 0 atom stereocenters. The molecule has 7 heteroatoms. The van der Waals surface area contributed by atoms with Crippen LogP contribution >= 0.6 is 11.3 Å². The van der Waals surface area contributed by atoms with Gasteiger partial charge in [0.05, 0.1) is 24.9 Å². The number of aromatic nitrogens is 3. The van der Waals surface area contributed by atoms with Crippen molar-refractivity contribution in [3.8, 4) is 5.88 Å². The van der Waals surface area contributed by atoms with Gasteiger partial charge in [0.15, 0.2) is 0 Å². The molecule has 17 heavy (non-hydrogen) atoms. The van der Waals surface area contributed by atoms with E-state index in [9.17, 15) is 0 Å². The molecule has 2 heterocycles. The van der Waals surface area contributed by atoms with Gasteiger partial charge >= 0.3 is 0 Å². The van der Waals surface area contributed by atoms with Gasteiger partial charge in [0, 0.05) is 10.9 Å². The molecular weight excluding hydrogens is 238 g/mol. The first-order valence-electron chi connectivity index (χ1n) is 5.00. The van der Waals surface area contributed by atoms with Gasteiger partial charge in [0.1, 0.15) is 5.82 Å². The van der Waals surface area contributed by atoms with Crippen LogP contribution in [0.15, 0.2) is 11.6 Å². The molecule has 2 aromatic rings. The lowest BCUT2D eigenvalue weighted by atomic mass is 10.4. The Morgan fingerprint density at radius 1 is 1.47 bits per heavy atom. The van der Waals surface area contributed by atoms with Crippen molar-refractivity contribution >= 4 is 23.1 Å². The van der Waals surface area contributed by atoms with E-state index in [0.29, 0.717) is 18.2 Å². The minimum absolute atomic E-state index is 0.188. The lowest BCUT2D eigenvalue weighted by molar-refractivity contribution is 0.398. The molecule has 2 rings (SSSR count). The van der Waals surface area contributed by atoms with Crippen molar-refractivity contribution in [2.24, 2.45) is 0 Å². The lowest BCUT2D eigenvalue weighted by Crippen LogP contribution is -2.05. The maximum absolute atomic E-state index is 5.56. The van der Waals surface area contributed by atoms with Crippen molar-refractivity contribution in [2.75, 3.05) is 18.2 Å². The minimum Gasteiger partial charge on any atom is -0.481 e. The minimum atomic E-state index is 0.188. The number of rotatable bonds is 4. The van der Waals surface area contributed by atoms with Gasteiger partial charge in [-0.05, 0) is 6.92 Å². The fraction of sp³-hybridized carbons (Fsp3) is 0.300. The summed E-state index contributed by atoms with van der Waals surface area (Å²) in [6.07, 6.45) is 0. The number of aryl methyl sites for hydroxylation is 1. The largest absolute Gasteiger partial charge is 0.481 e. The predicted molar refractivity (Wildman–Crippen MR) is 67.2 cm³/mol. The summed E-state index contributed by atoms with van der Waals surface area (Å²) in [5, 5.41) is 3.16. The van der Waals surface area contributed by atoms with Gasteiger partial charge in [0.25, 0.3) is 0 Å². The van der Waals surface area contributed by atoms with E-state index >= 15 is 0 Å². The molecule has 0 spiro atoms. The number of methoxy groups -OCH3 is 1. The Balaban J connectivity index is 2.09. The number of nitrogens with one attached hydrogen (secondary N) is 1. The van der Waals surface area contributed by atoms with Crippen LogP contribution in [-0.2, 0) is 6.54 Å². The second-order valence-electron chi connectivity index (χ2n) is 3.37. The molecular formula is C10H13N5OS. The van der Waals surface area contributed by atoms with Crippen molar-refractivity contribution in [1.29, 1.82) is 0 Å². The smallest absolute Gasteiger partial charge is 0.225 e. The predicted octanol–water partition coefficient (Wildman–Crippen LogP) is 1.44. The average molecular weight is 251 g/mol. The lowest BCUT2D eigenvalue weighted by Gasteiger charge is -2.06. The molecule has 0 saturated heterocycles. The van der Waals surface area contributed by atoms with E-state index in [1.165, 1.54) is 4.88 Å². The Bertz CT molecular complexity index is 513. The highest BCUT2D eigenvalue weighted by Crippen LogP contribution is 2.17. The van der Waals surface area contributed by atoms with Gasteiger partial charge in [-0.1, -0.05) is 0 Å². The summed E-state index contributed by atoms with van der Waals surface area (Å²) in [6.45, 7) is 2.64. The Morgan fingerprint density at radius 2 is 2.29 bits per heavy atom. The number of hydrogen-bond donors (Lipinski definition) is 2. The van der Waals surface area contributed by atoms with Crippen LogP contribution in [0.4, 0.5) is 11.8 Å². The highest BCUT2D eigenvalue weighted by atomic mass is 32.1. The topological polar surface area (TPSA) is 86.0 Å². The molecule has 0 fully saturated rings. The van der Waals surface area contributed by atoms with Crippen LogP contribution in [0.3, 0.4) is 0 Å². The summed E-state index contributed by atoms with van der Waals surface area (Å²) >= 11 is 1.60. The third-order valence-corrected chi connectivity index (χ3v) is 3.14. The molecule has 90 valence electrons. The molecule has 0 bridgehead atoms. The van der Waals surface area contributed by atoms with E-state index < -0.39 is 0 Å². The normalized spacial score (nSPS) is 10.2. The molecule has 0 amide bonds. The van der Waals surface area contributed by atoms with Crippen LogP contribution in [-0.4, -0.2) is 22.1 Å². The molecule has 0 radical (unpaired) electrons. The molecule has 0 unspecified atom stereocenters. The third-order valence-electron chi connectivity index (χ3n) is 2.20. The number of thiazole rings is 1. The SMILES string of the molecule is COc1cc(NCc2scnc2C)nc(N)n1. The van der Waals surface area contributed by atoms with E-state index in [1.807, 2.05) is 12.4 Å². The monoisotopic (exact) mass is 251 g/mol. The van der Waals surface area contributed by atoms with E-state index in [0.717, 1.165) is 5.69 Å². The van der Waals surface area contributed by atoms with Gasteiger partial charge in [-0.25, -0.2) is 4.98 Å². The van der Waals surface area contributed by atoms with Crippen molar-refractivity contribution in [3.05, 3.63) is 22.1 Å². The van der Waals surface area contributed by atoms with Crippen LogP contribution in [0, 0.1) is 6.92 Å². The van der Waals surface area contributed by atoms with E-state index in [4.69, 9.17) is 10.5 Å². The van der Waals surface area contributed by atoms with Crippen molar-refractivity contribution in [1.82, 2.24) is 15.0 Å². The maximum atomic E-state index is 5.56. The fourth-order valence-electron chi connectivity index (χ4n) is 1.30. The Kier molecular flexibility index (Phi) is 3.38. The van der Waals surface area contributed by atoms with Gasteiger partial charge in [-0.3, -0.25) is 0 Å². The van der Waals surface area contributed by atoms with Crippen LogP contribution in [0.1, 0.15) is 10.6 Å².